The number of hydrogen-bond acceptors (Lipinski definition) is 6. The molecule has 0 heterocycles. The number of aryl methyl sites for hydroxylation is 1. The molecule has 0 aliphatic carbocycles. The summed E-state index contributed by atoms with van der Waals surface area (Å²) in [7, 11) is -4.37. The smallest absolute Gasteiger partial charge is 0.271 e. The highest BCUT2D eigenvalue weighted by Gasteiger charge is 2.35. The van der Waals surface area contributed by atoms with Gasteiger partial charge in [-0.1, -0.05) is 92.7 Å². The molecule has 0 aliphatic rings. The summed E-state index contributed by atoms with van der Waals surface area (Å²) in [4.78, 5) is 40.7. The first-order valence-corrected chi connectivity index (χ1v) is 16.4. The van der Waals surface area contributed by atoms with Crippen LogP contribution in [0.5, 0.6) is 0 Å². The van der Waals surface area contributed by atoms with Crippen LogP contribution in [-0.4, -0.2) is 49.2 Å². The number of non-ortho nitro benzene ring substituents is 1. The van der Waals surface area contributed by atoms with Gasteiger partial charge in [-0.2, -0.15) is 0 Å². The number of nitro benzene ring substituents is 1. The minimum atomic E-state index is -4.37. The fourth-order valence-corrected chi connectivity index (χ4v) is 6.38. The van der Waals surface area contributed by atoms with E-state index in [1.54, 1.807) is 18.2 Å². The molecule has 4 aromatic rings. The average Bonchev–Trinajstić information content (AvgIpc) is 3.05. The van der Waals surface area contributed by atoms with Gasteiger partial charge >= 0.3 is 0 Å². The predicted octanol–water partition coefficient (Wildman–Crippen LogP) is 5.51. The van der Waals surface area contributed by atoms with Crippen molar-refractivity contribution in [3.8, 4) is 0 Å². The summed E-state index contributed by atoms with van der Waals surface area (Å²) >= 11 is 0. The molecule has 1 unspecified atom stereocenters. The van der Waals surface area contributed by atoms with Crippen LogP contribution in [0.15, 0.2) is 114 Å². The fraction of sp³-hybridized carbons (Fsp3) is 0.257. The van der Waals surface area contributed by atoms with Crippen molar-refractivity contribution in [3.05, 3.63) is 136 Å². The molecule has 0 saturated carbocycles. The second kappa shape index (κ2) is 15.3. The van der Waals surface area contributed by atoms with Gasteiger partial charge in [0.1, 0.15) is 12.6 Å². The predicted molar refractivity (Wildman–Crippen MR) is 178 cm³/mol. The number of carbonyl (C=O) groups excluding carboxylic acids is 2. The molecule has 4 aromatic carbocycles. The zero-order valence-corrected chi connectivity index (χ0v) is 26.9. The van der Waals surface area contributed by atoms with E-state index in [2.05, 4.69) is 5.32 Å². The van der Waals surface area contributed by atoms with Crippen molar-refractivity contribution in [2.45, 2.75) is 44.7 Å². The number of sulfonamides is 1. The van der Waals surface area contributed by atoms with E-state index in [9.17, 15) is 28.1 Å². The maximum absolute atomic E-state index is 14.5. The molecular weight excluding hydrogens is 604 g/mol. The fourth-order valence-electron chi connectivity index (χ4n) is 4.96. The van der Waals surface area contributed by atoms with Crippen LogP contribution in [0.3, 0.4) is 0 Å². The Kier molecular flexibility index (Phi) is 11.3. The van der Waals surface area contributed by atoms with Crippen molar-refractivity contribution >= 4 is 33.2 Å². The van der Waals surface area contributed by atoms with Crippen LogP contribution in [0.2, 0.25) is 0 Å². The van der Waals surface area contributed by atoms with Gasteiger partial charge in [0, 0.05) is 31.6 Å². The quantitative estimate of drug-likeness (QED) is 0.143. The number of benzene rings is 4. The van der Waals surface area contributed by atoms with Crippen molar-refractivity contribution in [3.63, 3.8) is 0 Å². The van der Waals surface area contributed by atoms with Gasteiger partial charge in [-0.05, 0) is 47.7 Å². The molecule has 0 bridgehead atoms. The third-order valence-corrected chi connectivity index (χ3v) is 9.28. The van der Waals surface area contributed by atoms with Crippen molar-refractivity contribution in [2.24, 2.45) is 5.92 Å². The zero-order chi connectivity index (χ0) is 33.3. The lowest BCUT2D eigenvalue weighted by Crippen LogP contribution is -2.53. The number of nitrogens with zero attached hydrogens (tertiary/aromatic N) is 3. The number of amides is 2. The van der Waals surface area contributed by atoms with Crippen molar-refractivity contribution < 1.29 is 22.9 Å². The molecule has 46 heavy (non-hydrogen) atoms. The number of anilines is 1. The van der Waals surface area contributed by atoms with Gasteiger partial charge in [-0.3, -0.25) is 24.0 Å². The van der Waals surface area contributed by atoms with Crippen molar-refractivity contribution in [1.29, 1.82) is 0 Å². The van der Waals surface area contributed by atoms with Gasteiger partial charge in [-0.25, -0.2) is 8.42 Å². The Morgan fingerprint density at radius 3 is 2.13 bits per heavy atom. The highest BCUT2D eigenvalue weighted by Crippen LogP contribution is 2.28. The second-order valence-corrected chi connectivity index (χ2v) is 13.3. The molecule has 1 atom stereocenters. The van der Waals surface area contributed by atoms with Gasteiger partial charge in [0.05, 0.1) is 15.5 Å². The van der Waals surface area contributed by atoms with Crippen LogP contribution in [0.1, 0.15) is 30.5 Å². The highest BCUT2D eigenvalue weighted by atomic mass is 32.2. The topological polar surface area (TPSA) is 130 Å². The lowest BCUT2D eigenvalue weighted by atomic mass is 10.0. The Hall–Kier alpha value is -5.03. The third kappa shape index (κ3) is 8.57. The summed E-state index contributed by atoms with van der Waals surface area (Å²) in [6.07, 6.45) is 0.185. The summed E-state index contributed by atoms with van der Waals surface area (Å²) < 4.78 is 29.0. The molecule has 0 fully saturated rings. The number of nitrogens with one attached hydrogen (secondary N) is 1. The molecule has 1 N–H and O–H groups in total. The Morgan fingerprint density at radius 2 is 1.50 bits per heavy atom. The van der Waals surface area contributed by atoms with E-state index >= 15 is 0 Å². The van der Waals surface area contributed by atoms with E-state index in [0.717, 1.165) is 27.1 Å². The SMILES string of the molecule is Cc1ccccc1CN(C(=O)CN(c1cccc([N+](=O)[O-])c1)S(=O)(=O)c1ccccc1)C(Cc1ccccc1)C(=O)NCC(C)C. The molecule has 0 saturated heterocycles. The number of carbonyl (C=O) groups is 2. The second-order valence-electron chi connectivity index (χ2n) is 11.4. The van der Waals surface area contributed by atoms with Crippen LogP contribution >= 0.6 is 0 Å². The largest absolute Gasteiger partial charge is 0.354 e. The molecule has 0 spiro atoms. The van der Waals surface area contributed by atoms with E-state index in [0.29, 0.717) is 6.54 Å². The average molecular weight is 643 g/mol. The summed E-state index contributed by atoms with van der Waals surface area (Å²) in [5.41, 5.74) is 2.13. The van der Waals surface area contributed by atoms with E-state index in [-0.39, 0.29) is 41.1 Å². The Balaban J connectivity index is 1.83. The summed E-state index contributed by atoms with van der Waals surface area (Å²) in [5.74, 6) is -0.857. The highest BCUT2D eigenvalue weighted by molar-refractivity contribution is 7.92. The van der Waals surface area contributed by atoms with Gasteiger partial charge in [-0.15, -0.1) is 0 Å². The summed E-state index contributed by atoms with van der Waals surface area (Å²) in [5, 5.41) is 14.6. The van der Waals surface area contributed by atoms with Crippen LogP contribution in [0.4, 0.5) is 11.4 Å². The van der Waals surface area contributed by atoms with Crippen LogP contribution in [0.25, 0.3) is 0 Å². The van der Waals surface area contributed by atoms with Gasteiger partial charge in [0.15, 0.2) is 0 Å². The molecule has 2 amide bonds. The minimum Gasteiger partial charge on any atom is -0.354 e. The lowest BCUT2D eigenvalue weighted by Gasteiger charge is -2.34. The van der Waals surface area contributed by atoms with Gasteiger partial charge in [0.2, 0.25) is 11.8 Å². The molecule has 11 heteroatoms. The first kappa shape index (κ1) is 33.9. The van der Waals surface area contributed by atoms with E-state index in [1.165, 1.54) is 35.2 Å². The van der Waals surface area contributed by atoms with Crippen molar-refractivity contribution in [1.82, 2.24) is 10.2 Å². The maximum Gasteiger partial charge on any atom is 0.271 e. The monoisotopic (exact) mass is 642 g/mol. The van der Waals surface area contributed by atoms with Gasteiger partial charge < -0.3 is 10.2 Å². The molecular formula is C35H38N4O6S. The van der Waals surface area contributed by atoms with Crippen LogP contribution in [0, 0.1) is 23.0 Å². The molecule has 10 nitrogen and oxygen atoms in total. The van der Waals surface area contributed by atoms with Crippen molar-refractivity contribution in [2.75, 3.05) is 17.4 Å². The zero-order valence-electron chi connectivity index (χ0n) is 26.1. The summed E-state index contributed by atoms with van der Waals surface area (Å²) in [6.45, 7) is 5.55. The number of rotatable bonds is 14. The Labute approximate surface area is 269 Å². The summed E-state index contributed by atoms with van der Waals surface area (Å²) in [6, 6.07) is 28.5. The van der Waals surface area contributed by atoms with Crippen LogP contribution in [-0.2, 0) is 32.6 Å². The number of nitro groups is 1. The van der Waals surface area contributed by atoms with Crippen LogP contribution < -0.4 is 9.62 Å². The molecule has 4 rings (SSSR count). The minimum absolute atomic E-state index is 0.0340. The molecule has 0 radical (unpaired) electrons. The first-order valence-electron chi connectivity index (χ1n) is 14.9. The van der Waals surface area contributed by atoms with E-state index in [4.69, 9.17) is 0 Å². The normalized spacial score (nSPS) is 11.9. The van der Waals surface area contributed by atoms with E-state index in [1.807, 2.05) is 75.4 Å². The molecule has 0 aromatic heterocycles. The van der Waals surface area contributed by atoms with E-state index < -0.39 is 33.4 Å². The third-order valence-electron chi connectivity index (χ3n) is 7.50. The first-order chi connectivity index (χ1) is 22.0. The Morgan fingerprint density at radius 1 is 0.870 bits per heavy atom. The molecule has 240 valence electrons. The number of hydrogen-bond donors (Lipinski definition) is 1. The Bertz CT molecular complexity index is 1760. The van der Waals surface area contributed by atoms with Gasteiger partial charge in [0.25, 0.3) is 15.7 Å². The molecule has 0 aliphatic heterocycles. The maximum atomic E-state index is 14.5. The lowest BCUT2D eigenvalue weighted by molar-refractivity contribution is -0.384. The standard InChI is InChI=1S/C35H38N4O6S/c1-26(2)23-36-35(41)33(21-28-14-6-4-7-15-28)37(24-29-16-11-10-13-27(29)3)34(40)25-38(30-17-12-18-31(22-30)39(42)43)46(44,45)32-19-8-5-9-20-32/h4-20,22,26,33H,21,23-25H2,1-3H3,(H,36,41).